The molecular formula is C9H6ClF3N2O2S. The van der Waals surface area contributed by atoms with E-state index < -0.39 is 25.7 Å². The van der Waals surface area contributed by atoms with Crippen molar-refractivity contribution < 1.29 is 21.6 Å². The number of nitriles is 1. The Balaban J connectivity index is 3.75. The zero-order valence-corrected chi connectivity index (χ0v) is 10.2. The van der Waals surface area contributed by atoms with Gasteiger partial charge in [-0.05, 0) is 17.7 Å². The molecule has 0 saturated carbocycles. The molecular weight excluding hydrogens is 293 g/mol. The molecule has 1 aromatic rings. The first-order valence-corrected chi connectivity index (χ1v) is 6.71. The van der Waals surface area contributed by atoms with Crippen molar-refractivity contribution in [1.82, 2.24) is 0 Å². The van der Waals surface area contributed by atoms with Gasteiger partial charge in [-0.1, -0.05) is 0 Å². The van der Waals surface area contributed by atoms with Gasteiger partial charge in [0.05, 0.1) is 22.1 Å². The fraction of sp³-hybridized carbons (Fsp3) is 0.222. The highest BCUT2D eigenvalue weighted by molar-refractivity contribution is 8.13. The second-order valence-electron chi connectivity index (χ2n) is 3.26. The van der Waals surface area contributed by atoms with Crippen LogP contribution < -0.4 is 5.73 Å². The van der Waals surface area contributed by atoms with Gasteiger partial charge in [0.15, 0.2) is 0 Å². The minimum absolute atomic E-state index is 0.0234. The van der Waals surface area contributed by atoms with Crippen molar-refractivity contribution in [2.24, 2.45) is 5.73 Å². The Morgan fingerprint density at radius 1 is 1.39 bits per heavy atom. The zero-order valence-electron chi connectivity index (χ0n) is 8.62. The topological polar surface area (TPSA) is 84.0 Å². The first-order chi connectivity index (χ1) is 8.11. The molecule has 0 saturated heterocycles. The first-order valence-electron chi connectivity index (χ1n) is 4.40. The van der Waals surface area contributed by atoms with Crippen LogP contribution >= 0.6 is 10.7 Å². The molecule has 1 rings (SSSR count). The van der Waals surface area contributed by atoms with Crippen LogP contribution in [0.4, 0.5) is 13.2 Å². The molecule has 0 aromatic heterocycles. The molecule has 0 heterocycles. The number of nitrogens with zero attached hydrogens (tertiary/aromatic N) is 1. The van der Waals surface area contributed by atoms with Crippen molar-refractivity contribution >= 4 is 19.7 Å². The quantitative estimate of drug-likeness (QED) is 0.846. The minimum atomic E-state index is -4.93. The lowest BCUT2D eigenvalue weighted by molar-refractivity contribution is -0.139. The van der Waals surface area contributed by atoms with Crippen LogP contribution in [-0.4, -0.2) is 8.42 Å². The molecule has 2 N–H and O–H groups in total. The Morgan fingerprint density at radius 3 is 2.28 bits per heavy atom. The molecule has 0 atom stereocenters. The molecule has 9 heteroatoms. The Labute approximate surface area is 105 Å². The smallest absolute Gasteiger partial charge is 0.326 e. The summed E-state index contributed by atoms with van der Waals surface area (Å²) in [6.07, 6.45) is -4.93. The van der Waals surface area contributed by atoms with Crippen molar-refractivity contribution in [1.29, 1.82) is 5.26 Å². The molecule has 0 radical (unpaired) electrons. The molecule has 0 amide bonds. The third-order valence-corrected chi connectivity index (χ3v) is 3.48. The van der Waals surface area contributed by atoms with E-state index >= 15 is 0 Å². The summed E-state index contributed by atoms with van der Waals surface area (Å²) in [4.78, 5) is -1.10. The van der Waals surface area contributed by atoms with Crippen molar-refractivity contribution in [2.45, 2.75) is 17.6 Å². The van der Waals surface area contributed by atoms with Crippen molar-refractivity contribution in [3.05, 3.63) is 28.8 Å². The van der Waals surface area contributed by atoms with E-state index in [1.807, 2.05) is 0 Å². The van der Waals surface area contributed by atoms with Crippen molar-refractivity contribution in [3.8, 4) is 6.07 Å². The fourth-order valence-electron chi connectivity index (χ4n) is 1.32. The van der Waals surface area contributed by atoms with Gasteiger partial charge in [-0.15, -0.1) is 0 Å². The van der Waals surface area contributed by atoms with E-state index in [4.69, 9.17) is 21.7 Å². The second-order valence-corrected chi connectivity index (χ2v) is 5.79. The van der Waals surface area contributed by atoms with Crippen LogP contribution in [0.5, 0.6) is 0 Å². The van der Waals surface area contributed by atoms with Crippen LogP contribution in [0.2, 0.25) is 0 Å². The molecule has 0 spiro atoms. The highest BCUT2D eigenvalue weighted by Crippen LogP contribution is 2.37. The Bertz CT molecular complexity index is 620. The normalized spacial score (nSPS) is 12.2. The van der Waals surface area contributed by atoms with E-state index in [2.05, 4.69) is 0 Å². The van der Waals surface area contributed by atoms with Gasteiger partial charge in [0.2, 0.25) is 0 Å². The highest BCUT2D eigenvalue weighted by Gasteiger charge is 2.37. The van der Waals surface area contributed by atoms with Gasteiger partial charge in [0.1, 0.15) is 0 Å². The van der Waals surface area contributed by atoms with E-state index in [0.717, 1.165) is 0 Å². The second kappa shape index (κ2) is 4.76. The number of alkyl halides is 3. The van der Waals surface area contributed by atoms with E-state index in [1.165, 1.54) is 6.07 Å². The number of rotatable bonds is 2. The average Bonchev–Trinajstić information content (AvgIpc) is 2.24. The number of nitrogens with two attached hydrogens (primary N) is 1. The fourth-order valence-corrected chi connectivity index (χ4v) is 2.42. The summed E-state index contributed by atoms with van der Waals surface area (Å²) in [5.74, 6) is 0. The first kappa shape index (κ1) is 14.8. The Kier molecular flexibility index (Phi) is 3.90. The van der Waals surface area contributed by atoms with Gasteiger partial charge in [-0.25, -0.2) is 8.42 Å². The van der Waals surface area contributed by atoms with Gasteiger partial charge in [-0.2, -0.15) is 18.4 Å². The van der Waals surface area contributed by atoms with Gasteiger partial charge in [0.25, 0.3) is 9.05 Å². The summed E-state index contributed by atoms with van der Waals surface area (Å²) in [6, 6.07) is 2.62. The predicted molar refractivity (Wildman–Crippen MR) is 57.1 cm³/mol. The van der Waals surface area contributed by atoms with E-state index in [-0.39, 0.29) is 17.7 Å². The maximum Gasteiger partial charge on any atom is 0.417 e. The molecule has 98 valence electrons. The predicted octanol–water partition coefficient (Wildman–Crippen LogP) is 1.96. The SMILES string of the molecule is N#Cc1cc(C(F)(F)F)c(S(=O)(=O)Cl)cc1CN. The van der Waals surface area contributed by atoms with Crippen LogP contribution in [0.3, 0.4) is 0 Å². The molecule has 0 aliphatic carbocycles. The van der Waals surface area contributed by atoms with Gasteiger partial charge in [0, 0.05) is 17.2 Å². The standard InChI is InChI=1S/C9H6ClF3N2O2S/c10-18(16,17)8-2-6(4-15)5(3-14)1-7(8)9(11,12)13/h1-2H,4,15H2. The lowest BCUT2D eigenvalue weighted by Gasteiger charge is -2.13. The maximum absolute atomic E-state index is 12.7. The van der Waals surface area contributed by atoms with Crippen molar-refractivity contribution in [2.75, 3.05) is 0 Å². The molecule has 0 aliphatic heterocycles. The van der Waals surface area contributed by atoms with Crippen LogP contribution in [0.25, 0.3) is 0 Å². The van der Waals surface area contributed by atoms with Gasteiger partial charge >= 0.3 is 6.18 Å². The highest BCUT2D eigenvalue weighted by atomic mass is 35.7. The minimum Gasteiger partial charge on any atom is -0.326 e. The van der Waals surface area contributed by atoms with Gasteiger partial charge < -0.3 is 5.73 Å². The third kappa shape index (κ3) is 2.93. The van der Waals surface area contributed by atoms with Crippen LogP contribution in [0, 0.1) is 11.3 Å². The monoisotopic (exact) mass is 298 g/mol. The van der Waals surface area contributed by atoms with Crippen molar-refractivity contribution in [3.63, 3.8) is 0 Å². The average molecular weight is 299 g/mol. The summed E-state index contributed by atoms with van der Waals surface area (Å²) < 4.78 is 60.2. The number of hydrogen-bond donors (Lipinski definition) is 1. The molecule has 4 nitrogen and oxygen atoms in total. The van der Waals surface area contributed by atoms with E-state index in [1.54, 1.807) is 0 Å². The molecule has 0 fully saturated rings. The molecule has 0 bridgehead atoms. The summed E-state index contributed by atoms with van der Waals surface area (Å²) in [5, 5.41) is 8.68. The third-order valence-electron chi connectivity index (χ3n) is 2.11. The molecule has 18 heavy (non-hydrogen) atoms. The molecule has 0 unspecified atom stereocenters. The lowest BCUT2D eigenvalue weighted by atomic mass is 10.0. The maximum atomic E-state index is 12.7. The zero-order chi connectivity index (χ0) is 14.1. The number of halogens is 4. The van der Waals surface area contributed by atoms with Crippen LogP contribution in [0.15, 0.2) is 17.0 Å². The number of benzene rings is 1. The lowest BCUT2D eigenvalue weighted by Crippen LogP contribution is -2.13. The Hall–Kier alpha value is -1.30. The van der Waals surface area contributed by atoms with Crippen LogP contribution in [0.1, 0.15) is 16.7 Å². The number of hydrogen-bond acceptors (Lipinski definition) is 4. The van der Waals surface area contributed by atoms with E-state index in [0.29, 0.717) is 12.1 Å². The molecule has 1 aromatic carbocycles. The van der Waals surface area contributed by atoms with Gasteiger partial charge in [-0.3, -0.25) is 0 Å². The summed E-state index contributed by atoms with van der Waals surface area (Å²) >= 11 is 0. The van der Waals surface area contributed by atoms with E-state index in [9.17, 15) is 21.6 Å². The summed E-state index contributed by atoms with van der Waals surface area (Å²) in [5.41, 5.74) is 3.38. The summed E-state index contributed by atoms with van der Waals surface area (Å²) in [6.45, 7) is -0.277. The summed E-state index contributed by atoms with van der Waals surface area (Å²) in [7, 11) is 0.356. The Morgan fingerprint density at radius 2 is 1.94 bits per heavy atom. The largest absolute Gasteiger partial charge is 0.417 e. The van der Waals surface area contributed by atoms with Crippen LogP contribution in [-0.2, 0) is 21.8 Å². The molecule has 0 aliphatic rings.